The summed E-state index contributed by atoms with van der Waals surface area (Å²) in [6.45, 7) is -1.02. The van der Waals surface area contributed by atoms with Crippen LogP contribution in [-0.4, -0.2) is 155 Å². The molecular formula is C30H45N8O19PS2Zn+2. The smallest absolute Gasteiger partial charge is 0.480 e. The van der Waals surface area contributed by atoms with Crippen molar-refractivity contribution in [3.63, 3.8) is 0 Å². The molecule has 31 heteroatoms. The van der Waals surface area contributed by atoms with E-state index in [0.717, 1.165) is 26.2 Å². The van der Waals surface area contributed by atoms with E-state index in [2.05, 4.69) is 26.3 Å². The monoisotopic (exact) mass is 980 g/mol. The first-order valence-electron chi connectivity index (χ1n) is 17.4. The number of carbonyl (C=O) groups is 8. The number of hydrogen-bond acceptors (Lipinski definition) is 17. The van der Waals surface area contributed by atoms with Gasteiger partial charge in [0.05, 0.1) is 12.7 Å². The Hall–Kier alpha value is -4.25. The summed E-state index contributed by atoms with van der Waals surface area (Å²) < 4.78 is 24.3. The normalized spacial score (nSPS) is 18.8. The van der Waals surface area contributed by atoms with Gasteiger partial charge in [0.2, 0.25) is 23.6 Å². The number of ether oxygens (including phenoxy) is 1. The molecule has 8 atom stereocenters. The zero-order chi connectivity index (χ0) is 45.3. The molecule has 0 saturated carbocycles. The number of carboxylic acids is 4. The van der Waals surface area contributed by atoms with Gasteiger partial charge in [0.15, 0.2) is 0 Å². The minimum absolute atomic E-state index is 0. The second-order valence-electron chi connectivity index (χ2n) is 12.8. The van der Waals surface area contributed by atoms with E-state index in [-0.39, 0.29) is 49.4 Å². The molecule has 27 nitrogen and oxygen atoms in total. The number of carboxylic acid groups (broad SMARTS) is 4. The van der Waals surface area contributed by atoms with Gasteiger partial charge in [-0.25, -0.2) is 14.4 Å². The van der Waals surface area contributed by atoms with Crippen LogP contribution in [0.3, 0.4) is 0 Å². The third kappa shape index (κ3) is 20.0. The molecule has 1 saturated heterocycles. The fourth-order valence-corrected chi connectivity index (χ4v) is 8.26. The topological polar surface area (TPSA) is 434 Å². The molecule has 1 aromatic rings. The molecule has 2 heterocycles. The number of nitrogens with one attached hydrogen (secondary N) is 6. The van der Waals surface area contributed by atoms with Gasteiger partial charge in [0.25, 0.3) is 5.56 Å². The van der Waals surface area contributed by atoms with Gasteiger partial charge in [-0.15, -0.1) is 0 Å². The number of aliphatic carboxylic acids is 4. The molecule has 336 valence electrons. The number of rotatable bonds is 27. The average Bonchev–Trinajstić information content (AvgIpc) is 3.54. The predicted octanol–water partition coefficient (Wildman–Crippen LogP) is -4.62. The van der Waals surface area contributed by atoms with Crippen molar-refractivity contribution in [3.8, 4) is 0 Å². The average molecular weight is 982 g/mol. The van der Waals surface area contributed by atoms with Crippen LogP contribution in [0.2, 0.25) is 0 Å². The summed E-state index contributed by atoms with van der Waals surface area (Å²) in [5.74, 6) is -10.2. The van der Waals surface area contributed by atoms with E-state index in [1.807, 2.05) is 5.09 Å². The van der Waals surface area contributed by atoms with Gasteiger partial charge in [-0.2, -0.15) is 0 Å². The Balaban J connectivity index is 0.0000186. The van der Waals surface area contributed by atoms with Crippen molar-refractivity contribution < 1.29 is 102 Å². The van der Waals surface area contributed by atoms with Crippen LogP contribution in [0.5, 0.6) is 0 Å². The molecule has 14 N–H and O–H groups in total. The number of nitrogens with zero attached hydrogens (tertiary/aromatic N) is 1. The van der Waals surface area contributed by atoms with E-state index in [1.54, 1.807) is 0 Å². The summed E-state index contributed by atoms with van der Waals surface area (Å²) in [5, 5.41) is 57.4. The summed E-state index contributed by atoms with van der Waals surface area (Å²) in [4.78, 5) is 132. The van der Waals surface area contributed by atoms with Gasteiger partial charge >= 0.3 is 56.8 Å². The second-order valence-corrected chi connectivity index (χ2v) is 16.9. The number of aliphatic hydroxyl groups is 1. The van der Waals surface area contributed by atoms with Crippen LogP contribution in [-0.2, 0) is 71.7 Å². The van der Waals surface area contributed by atoms with Gasteiger partial charge in [-0.3, -0.25) is 57.2 Å². The molecule has 2 rings (SSSR count). The number of aromatic amines is 1. The fraction of sp³-hybridized carbons (Fsp3) is 0.600. The van der Waals surface area contributed by atoms with Crippen LogP contribution in [0.1, 0.15) is 43.9 Å². The standard InChI is InChI=1S/C30H45N8O19PS2.Zn/c1-13-9-38(30(53)36-25(13)46)22-6-18(39)19(57-22)10-56-58(54,55)37-15(29(51)52)3-5-21(41)35-17(27(48)33-8-24(44)45)12-60-59-11-16(26(47)32-7-23(42)43)34-20(40)4-2-14(31)28(49)50;/h9,14-19,22,39H,2-8,10-12,31H2,1H3,(H,32,47)(H,33,48)(H,34,40)(H,35,41)(H,42,43)(H,44,45)(H,49,50)(H,51,52)(H,36,46,53)(H2,37,54,55);/q;+2/t14?,15?,16?,17?,18-,19?,22+;/m1./s1. The number of amides is 4. The number of aryl methyl sites for hydroxylation is 1. The third-order valence-corrected chi connectivity index (χ3v) is 11.6. The summed E-state index contributed by atoms with van der Waals surface area (Å²) in [5.41, 5.74) is 4.06. The first-order valence-corrected chi connectivity index (χ1v) is 21.5. The Labute approximate surface area is 364 Å². The first kappa shape index (κ1) is 54.8. The van der Waals surface area contributed by atoms with E-state index in [0.29, 0.717) is 0 Å². The molecule has 0 spiro atoms. The Morgan fingerprint density at radius 3 is 1.89 bits per heavy atom. The molecule has 1 aromatic heterocycles. The predicted molar refractivity (Wildman–Crippen MR) is 205 cm³/mol. The van der Waals surface area contributed by atoms with Gasteiger partial charge in [-0.1, -0.05) is 21.6 Å². The van der Waals surface area contributed by atoms with Crippen molar-refractivity contribution in [2.45, 2.75) is 81.6 Å². The van der Waals surface area contributed by atoms with Gasteiger partial charge < -0.3 is 62.2 Å². The largest absolute Gasteiger partial charge is 2.00 e. The molecule has 4 amide bonds. The fourth-order valence-electron chi connectivity index (χ4n) is 4.88. The summed E-state index contributed by atoms with van der Waals surface area (Å²) in [6, 6.07) is -6.14. The van der Waals surface area contributed by atoms with Crippen LogP contribution in [0.15, 0.2) is 15.8 Å². The van der Waals surface area contributed by atoms with Crippen molar-refractivity contribution in [2.24, 2.45) is 5.73 Å². The quantitative estimate of drug-likeness (QED) is 0.0171. The second kappa shape index (κ2) is 26.3. The molecule has 6 unspecified atom stereocenters. The van der Waals surface area contributed by atoms with Crippen LogP contribution in [0, 0.1) is 6.92 Å². The molecule has 0 aromatic carbocycles. The SMILES string of the molecule is Cc1cn([C@@H]2C[C@@H](O)C(COP(=O)(O)NC(CCC(=O)NC(CSSCC(NC(=O)CCC(N)C(=O)O)C(=O)NCC(=O)O)C(=O)NCC(=O)O)C(=O)O)O2)c(=O)[nH]c1=O.[Zn+2]. The summed E-state index contributed by atoms with van der Waals surface area (Å²) >= 11 is 0. The number of hydrogen-bond donors (Lipinski definition) is 13. The van der Waals surface area contributed by atoms with Gasteiger partial charge in [0, 0.05) is 42.5 Å². The first-order chi connectivity index (χ1) is 28.0. The van der Waals surface area contributed by atoms with Gasteiger partial charge in [0.1, 0.15) is 49.6 Å². The molecule has 1 aliphatic heterocycles. The number of nitrogens with two attached hydrogens (primary N) is 1. The van der Waals surface area contributed by atoms with E-state index in [1.165, 1.54) is 13.1 Å². The van der Waals surface area contributed by atoms with Crippen molar-refractivity contribution in [3.05, 3.63) is 32.6 Å². The molecule has 61 heavy (non-hydrogen) atoms. The Morgan fingerprint density at radius 2 is 1.41 bits per heavy atom. The van der Waals surface area contributed by atoms with E-state index in [4.69, 9.17) is 30.3 Å². The molecule has 0 bridgehead atoms. The zero-order valence-electron chi connectivity index (χ0n) is 32.2. The van der Waals surface area contributed by atoms with Crippen LogP contribution in [0.4, 0.5) is 0 Å². The van der Waals surface area contributed by atoms with Crippen molar-refractivity contribution in [2.75, 3.05) is 31.2 Å². The number of carbonyl (C=O) groups excluding carboxylic acids is 4. The molecule has 0 aliphatic carbocycles. The number of aliphatic hydroxyl groups excluding tert-OH is 1. The van der Waals surface area contributed by atoms with Crippen LogP contribution in [0.25, 0.3) is 0 Å². The van der Waals surface area contributed by atoms with Gasteiger partial charge in [-0.05, 0) is 19.8 Å². The van der Waals surface area contributed by atoms with E-state index >= 15 is 0 Å². The number of H-pyrrole nitrogens is 1. The molecule has 1 aliphatic rings. The summed E-state index contributed by atoms with van der Waals surface area (Å²) in [7, 11) is -3.31. The maximum atomic E-state index is 12.9. The Bertz CT molecular complexity index is 1920. The maximum Gasteiger partial charge on any atom is 2.00 e. The molecule has 0 radical (unpaired) electrons. The number of aromatic nitrogens is 2. The van der Waals surface area contributed by atoms with Crippen molar-refractivity contribution in [1.82, 2.24) is 35.9 Å². The van der Waals surface area contributed by atoms with Crippen molar-refractivity contribution >= 4 is 76.8 Å². The molecule has 1 fully saturated rings. The third-order valence-electron chi connectivity index (χ3n) is 8.03. The van der Waals surface area contributed by atoms with E-state index < -0.39 is 148 Å². The van der Waals surface area contributed by atoms with Crippen LogP contribution >= 0.6 is 29.3 Å². The Kier molecular flexibility index (Phi) is 23.6. The Morgan fingerprint density at radius 1 is 0.902 bits per heavy atom. The van der Waals surface area contributed by atoms with Crippen molar-refractivity contribution in [1.29, 1.82) is 0 Å². The minimum Gasteiger partial charge on any atom is -0.480 e. The minimum atomic E-state index is -4.99. The maximum absolute atomic E-state index is 12.9. The van der Waals surface area contributed by atoms with Crippen LogP contribution < -0.4 is 43.3 Å². The zero-order valence-corrected chi connectivity index (χ0v) is 37.7. The summed E-state index contributed by atoms with van der Waals surface area (Å²) in [6.07, 6.45) is -4.72. The van der Waals surface area contributed by atoms with E-state index in [9.17, 15) is 67.6 Å². The molecular weight excluding hydrogens is 937 g/mol.